The first-order valence-electron chi connectivity index (χ1n) is 7.10. The van der Waals surface area contributed by atoms with Gasteiger partial charge in [-0.1, -0.05) is 26.7 Å². The summed E-state index contributed by atoms with van der Waals surface area (Å²) in [5.74, 6) is 0. The molecule has 0 N–H and O–H groups in total. The Balaban J connectivity index is 2.00. The summed E-state index contributed by atoms with van der Waals surface area (Å²) < 4.78 is 11.7. The monoisotopic (exact) mass is 228 g/mol. The lowest BCUT2D eigenvalue weighted by molar-refractivity contribution is -0.0322. The third kappa shape index (κ3) is 5.86. The van der Waals surface area contributed by atoms with Gasteiger partial charge in [-0.25, -0.2) is 0 Å². The molecule has 0 unspecified atom stereocenters. The maximum Gasteiger partial charge on any atom is 0.0577 e. The number of hydrogen-bond acceptors (Lipinski definition) is 2. The number of ether oxygens (including phenoxy) is 2. The summed E-state index contributed by atoms with van der Waals surface area (Å²) in [6.45, 7) is 6.31. The van der Waals surface area contributed by atoms with E-state index in [1.54, 1.807) is 0 Å². The molecule has 1 rings (SSSR count). The zero-order valence-electron chi connectivity index (χ0n) is 11.0. The van der Waals surface area contributed by atoms with Crippen molar-refractivity contribution in [2.45, 2.75) is 77.4 Å². The molecule has 0 saturated heterocycles. The molecule has 1 saturated carbocycles. The lowest BCUT2D eigenvalue weighted by Gasteiger charge is -2.28. The summed E-state index contributed by atoms with van der Waals surface area (Å²) in [7, 11) is 0. The molecule has 0 amide bonds. The molecule has 0 aromatic rings. The van der Waals surface area contributed by atoms with Crippen LogP contribution >= 0.6 is 0 Å². The number of unbranched alkanes of at least 4 members (excludes halogenated alkanes) is 2. The molecular weight excluding hydrogens is 200 g/mol. The minimum atomic E-state index is 0.512. The minimum Gasteiger partial charge on any atom is -0.378 e. The van der Waals surface area contributed by atoms with Crippen molar-refractivity contribution in [3.05, 3.63) is 0 Å². The third-order valence-corrected chi connectivity index (χ3v) is 3.32. The Morgan fingerprint density at radius 3 is 1.44 bits per heavy atom. The van der Waals surface area contributed by atoms with E-state index in [9.17, 15) is 0 Å². The van der Waals surface area contributed by atoms with Crippen LogP contribution < -0.4 is 0 Å². The van der Waals surface area contributed by atoms with Gasteiger partial charge in [-0.3, -0.25) is 0 Å². The van der Waals surface area contributed by atoms with E-state index in [1.807, 2.05) is 0 Å². The molecule has 1 fully saturated rings. The van der Waals surface area contributed by atoms with Crippen LogP contribution in [0.25, 0.3) is 0 Å². The molecule has 1 aliphatic carbocycles. The lowest BCUT2D eigenvalue weighted by Crippen LogP contribution is -2.27. The predicted molar refractivity (Wildman–Crippen MR) is 67.8 cm³/mol. The number of rotatable bonds is 8. The van der Waals surface area contributed by atoms with Gasteiger partial charge in [0.1, 0.15) is 0 Å². The Hall–Kier alpha value is -0.0800. The van der Waals surface area contributed by atoms with Crippen LogP contribution in [0, 0.1) is 0 Å². The molecule has 1 aliphatic rings. The standard InChI is InChI=1S/C14H28O2/c1-3-5-11-15-13-7-9-14(10-8-13)16-12-6-4-2/h13-14H,3-12H2,1-2H3. The van der Waals surface area contributed by atoms with E-state index in [0.717, 1.165) is 13.2 Å². The first-order valence-corrected chi connectivity index (χ1v) is 7.10. The lowest BCUT2D eigenvalue weighted by atomic mass is 9.95. The molecule has 0 atom stereocenters. The molecule has 0 bridgehead atoms. The van der Waals surface area contributed by atoms with Crippen molar-refractivity contribution < 1.29 is 9.47 Å². The van der Waals surface area contributed by atoms with Crippen LogP contribution in [0.2, 0.25) is 0 Å². The molecule has 0 spiro atoms. The summed E-state index contributed by atoms with van der Waals surface area (Å²) in [5, 5.41) is 0. The summed E-state index contributed by atoms with van der Waals surface area (Å²) in [5.41, 5.74) is 0. The molecule has 0 aromatic carbocycles. The fraction of sp³-hybridized carbons (Fsp3) is 1.00. The summed E-state index contributed by atoms with van der Waals surface area (Å²) in [4.78, 5) is 0. The van der Waals surface area contributed by atoms with Gasteiger partial charge in [0.15, 0.2) is 0 Å². The summed E-state index contributed by atoms with van der Waals surface area (Å²) in [6, 6.07) is 0. The van der Waals surface area contributed by atoms with Gasteiger partial charge < -0.3 is 9.47 Å². The van der Waals surface area contributed by atoms with Gasteiger partial charge in [0.25, 0.3) is 0 Å². The molecule has 0 aromatic heterocycles. The maximum atomic E-state index is 5.84. The Bertz CT molecular complexity index is 133. The van der Waals surface area contributed by atoms with Crippen molar-refractivity contribution >= 4 is 0 Å². The van der Waals surface area contributed by atoms with Gasteiger partial charge >= 0.3 is 0 Å². The van der Waals surface area contributed by atoms with Crippen LogP contribution in [-0.4, -0.2) is 25.4 Å². The van der Waals surface area contributed by atoms with E-state index in [1.165, 1.54) is 51.4 Å². The van der Waals surface area contributed by atoms with Crippen LogP contribution in [0.1, 0.15) is 65.2 Å². The van der Waals surface area contributed by atoms with E-state index in [2.05, 4.69) is 13.8 Å². The fourth-order valence-electron chi connectivity index (χ4n) is 2.15. The van der Waals surface area contributed by atoms with E-state index in [4.69, 9.17) is 9.47 Å². The molecule has 0 radical (unpaired) electrons. The maximum absolute atomic E-state index is 5.84. The zero-order valence-corrected chi connectivity index (χ0v) is 11.0. The molecule has 0 aliphatic heterocycles. The van der Waals surface area contributed by atoms with Gasteiger partial charge in [0.2, 0.25) is 0 Å². The van der Waals surface area contributed by atoms with Crippen molar-refractivity contribution in [2.24, 2.45) is 0 Å². The van der Waals surface area contributed by atoms with E-state index in [0.29, 0.717) is 12.2 Å². The molecule has 2 nitrogen and oxygen atoms in total. The molecule has 2 heteroatoms. The van der Waals surface area contributed by atoms with Gasteiger partial charge in [0, 0.05) is 13.2 Å². The molecular formula is C14H28O2. The normalized spacial score (nSPS) is 25.9. The molecule has 96 valence electrons. The van der Waals surface area contributed by atoms with Gasteiger partial charge in [-0.05, 0) is 38.5 Å². The number of hydrogen-bond donors (Lipinski definition) is 0. The van der Waals surface area contributed by atoms with Gasteiger partial charge in [-0.15, -0.1) is 0 Å². The Labute approximate surface area is 101 Å². The zero-order chi connectivity index (χ0) is 11.6. The van der Waals surface area contributed by atoms with Crippen LogP contribution in [0.5, 0.6) is 0 Å². The van der Waals surface area contributed by atoms with Crippen molar-refractivity contribution in [3.63, 3.8) is 0 Å². The SMILES string of the molecule is CCCCOC1CCC(OCCCC)CC1. The second-order valence-electron chi connectivity index (χ2n) is 4.85. The Morgan fingerprint density at radius 2 is 1.12 bits per heavy atom. The third-order valence-electron chi connectivity index (χ3n) is 3.32. The van der Waals surface area contributed by atoms with Crippen molar-refractivity contribution in [3.8, 4) is 0 Å². The summed E-state index contributed by atoms with van der Waals surface area (Å²) >= 11 is 0. The van der Waals surface area contributed by atoms with Crippen molar-refractivity contribution in [1.29, 1.82) is 0 Å². The quantitative estimate of drug-likeness (QED) is 0.586. The second-order valence-corrected chi connectivity index (χ2v) is 4.85. The van der Waals surface area contributed by atoms with Crippen LogP contribution in [0.4, 0.5) is 0 Å². The largest absolute Gasteiger partial charge is 0.378 e. The fourth-order valence-corrected chi connectivity index (χ4v) is 2.15. The van der Waals surface area contributed by atoms with Crippen molar-refractivity contribution in [1.82, 2.24) is 0 Å². The highest BCUT2D eigenvalue weighted by Gasteiger charge is 2.21. The van der Waals surface area contributed by atoms with E-state index in [-0.39, 0.29) is 0 Å². The predicted octanol–water partition coefficient (Wildman–Crippen LogP) is 3.93. The topological polar surface area (TPSA) is 18.5 Å². The van der Waals surface area contributed by atoms with Crippen LogP contribution in [-0.2, 0) is 9.47 Å². The average molecular weight is 228 g/mol. The highest BCUT2D eigenvalue weighted by Crippen LogP contribution is 2.23. The Kier molecular flexibility index (Phi) is 7.87. The first-order chi connectivity index (χ1) is 7.86. The minimum absolute atomic E-state index is 0.512. The van der Waals surface area contributed by atoms with E-state index >= 15 is 0 Å². The summed E-state index contributed by atoms with van der Waals surface area (Å²) in [6.07, 6.45) is 10.7. The van der Waals surface area contributed by atoms with E-state index < -0.39 is 0 Å². The van der Waals surface area contributed by atoms with Gasteiger partial charge in [-0.2, -0.15) is 0 Å². The van der Waals surface area contributed by atoms with Crippen LogP contribution in [0.3, 0.4) is 0 Å². The second kappa shape index (κ2) is 9.00. The molecule has 0 heterocycles. The average Bonchev–Trinajstić information content (AvgIpc) is 2.32. The van der Waals surface area contributed by atoms with Crippen LogP contribution in [0.15, 0.2) is 0 Å². The first kappa shape index (κ1) is 14.0. The molecule has 16 heavy (non-hydrogen) atoms. The van der Waals surface area contributed by atoms with Gasteiger partial charge in [0.05, 0.1) is 12.2 Å². The Morgan fingerprint density at radius 1 is 0.750 bits per heavy atom. The highest BCUT2D eigenvalue weighted by atomic mass is 16.5. The smallest absolute Gasteiger partial charge is 0.0577 e. The highest BCUT2D eigenvalue weighted by molar-refractivity contribution is 4.73. The van der Waals surface area contributed by atoms with Crippen molar-refractivity contribution in [2.75, 3.05) is 13.2 Å².